The Kier molecular flexibility index (Phi) is 3.96. The molecule has 1 saturated heterocycles. The maximum Gasteiger partial charge on any atom is 0.122 e. The first kappa shape index (κ1) is 11.6. The molecule has 90 valence electrons. The van der Waals surface area contributed by atoms with Gasteiger partial charge < -0.3 is 14.6 Å². The predicted molar refractivity (Wildman–Crippen MR) is 63.1 cm³/mol. The summed E-state index contributed by atoms with van der Waals surface area (Å²) in [6.45, 7) is 8.05. The maximum absolute atomic E-state index is 5.33. The zero-order valence-electron chi connectivity index (χ0n) is 10.1. The van der Waals surface area contributed by atoms with Crippen LogP contribution in [0.4, 0.5) is 0 Å². The Balaban J connectivity index is 1.85. The van der Waals surface area contributed by atoms with Crippen LogP contribution < -0.4 is 5.32 Å². The van der Waals surface area contributed by atoms with Gasteiger partial charge in [0.15, 0.2) is 0 Å². The second-order valence-corrected chi connectivity index (χ2v) is 4.83. The molecule has 0 saturated carbocycles. The maximum atomic E-state index is 5.33. The van der Waals surface area contributed by atoms with Gasteiger partial charge in [0.05, 0.1) is 13.2 Å². The third-order valence-corrected chi connectivity index (χ3v) is 2.84. The fourth-order valence-electron chi connectivity index (χ4n) is 2.00. The lowest BCUT2D eigenvalue weighted by Crippen LogP contribution is -2.30. The van der Waals surface area contributed by atoms with E-state index in [0.29, 0.717) is 12.0 Å². The van der Waals surface area contributed by atoms with E-state index in [2.05, 4.69) is 34.9 Å². The van der Waals surface area contributed by atoms with Crippen molar-refractivity contribution in [1.82, 2.24) is 14.9 Å². The third kappa shape index (κ3) is 3.06. The van der Waals surface area contributed by atoms with Crippen LogP contribution in [0.5, 0.6) is 0 Å². The van der Waals surface area contributed by atoms with Crippen molar-refractivity contribution < 1.29 is 4.74 Å². The molecule has 0 bridgehead atoms. The van der Waals surface area contributed by atoms with Gasteiger partial charge in [-0.25, -0.2) is 4.98 Å². The molecule has 4 heteroatoms. The second-order valence-electron chi connectivity index (χ2n) is 4.83. The highest BCUT2D eigenvalue weighted by atomic mass is 16.5. The van der Waals surface area contributed by atoms with Crippen LogP contribution in [0.3, 0.4) is 0 Å². The molecule has 1 aliphatic heterocycles. The molecule has 2 rings (SSSR count). The zero-order chi connectivity index (χ0) is 11.4. The molecule has 1 N–H and O–H groups in total. The fourth-order valence-corrected chi connectivity index (χ4v) is 2.00. The number of rotatable bonds is 5. The Morgan fingerprint density at radius 2 is 2.50 bits per heavy atom. The van der Waals surface area contributed by atoms with Crippen LogP contribution in [-0.4, -0.2) is 28.8 Å². The fraction of sp³-hybridized carbons (Fsp3) is 0.750. The van der Waals surface area contributed by atoms with Gasteiger partial charge in [-0.15, -0.1) is 0 Å². The molecule has 1 aromatic heterocycles. The SMILES string of the molecule is CC(C)Cn1ccnc1CNC1CCOC1. The van der Waals surface area contributed by atoms with Gasteiger partial charge >= 0.3 is 0 Å². The first-order valence-corrected chi connectivity index (χ1v) is 6.07. The first-order chi connectivity index (χ1) is 7.75. The Labute approximate surface area is 97.0 Å². The molecule has 0 spiro atoms. The number of nitrogens with zero attached hydrogens (tertiary/aromatic N) is 2. The van der Waals surface area contributed by atoms with Crippen molar-refractivity contribution in [2.45, 2.75) is 39.4 Å². The molecule has 0 aliphatic carbocycles. The summed E-state index contributed by atoms with van der Waals surface area (Å²) in [7, 11) is 0. The number of nitrogens with one attached hydrogen (secondary N) is 1. The minimum atomic E-state index is 0.504. The Hall–Kier alpha value is -0.870. The van der Waals surface area contributed by atoms with Gasteiger partial charge in [0.2, 0.25) is 0 Å². The minimum absolute atomic E-state index is 0.504. The van der Waals surface area contributed by atoms with Crippen molar-refractivity contribution in [2.24, 2.45) is 5.92 Å². The van der Waals surface area contributed by atoms with E-state index in [1.54, 1.807) is 0 Å². The van der Waals surface area contributed by atoms with Crippen molar-refractivity contribution in [3.05, 3.63) is 18.2 Å². The minimum Gasteiger partial charge on any atom is -0.380 e. The van der Waals surface area contributed by atoms with Crippen molar-refractivity contribution in [2.75, 3.05) is 13.2 Å². The van der Waals surface area contributed by atoms with Crippen LogP contribution in [0.15, 0.2) is 12.4 Å². The second kappa shape index (κ2) is 5.46. The van der Waals surface area contributed by atoms with E-state index in [4.69, 9.17) is 4.74 Å². The molecule has 1 fully saturated rings. The lowest BCUT2D eigenvalue weighted by Gasteiger charge is -2.13. The van der Waals surface area contributed by atoms with Crippen LogP contribution in [0.25, 0.3) is 0 Å². The molecule has 2 heterocycles. The van der Waals surface area contributed by atoms with Crippen molar-refractivity contribution in [1.29, 1.82) is 0 Å². The van der Waals surface area contributed by atoms with E-state index < -0.39 is 0 Å². The molecule has 16 heavy (non-hydrogen) atoms. The topological polar surface area (TPSA) is 39.1 Å². The molecule has 1 atom stereocenters. The summed E-state index contributed by atoms with van der Waals surface area (Å²) >= 11 is 0. The average molecular weight is 223 g/mol. The lowest BCUT2D eigenvalue weighted by molar-refractivity contribution is 0.189. The summed E-state index contributed by atoms with van der Waals surface area (Å²) in [6, 6.07) is 0.504. The Morgan fingerprint density at radius 3 is 3.19 bits per heavy atom. The van der Waals surface area contributed by atoms with E-state index in [1.807, 2.05) is 6.20 Å². The van der Waals surface area contributed by atoms with Crippen LogP contribution in [0.2, 0.25) is 0 Å². The molecule has 0 aromatic carbocycles. The zero-order valence-corrected chi connectivity index (χ0v) is 10.1. The van der Waals surface area contributed by atoms with Gasteiger partial charge in [-0.05, 0) is 12.3 Å². The highest BCUT2D eigenvalue weighted by Gasteiger charge is 2.15. The normalized spacial score (nSPS) is 20.8. The Morgan fingerprint density at radius 1 is 1.62 bits per heavy atom. The molecule has 1 aliphatic rings. The summed E-state index contributed by atoms with van der Waals surface area (Å²) in [4.78, 5) is 4.39. The van der Waals surface area contributed by atoms with Gasteiger partial charge in [0.25, 0.3) is 0 Å². The van der Waals surface area contributed by atoms with Gasteiger partial charge in [0.1, 0.15) is 5.82 Å². The number of hydrogen-bond acceptors (Lipinski definition) is 3. The van der Waals surface area contributed by atoms with Gasteiger partial charge in [-0.2, -0.15) is 0 Å². The summed E-state index contributed by atoms with van der Waals surface area (Å²) in [6.07, 6.45) is 5.05. The van der Waals surface area contributed by atoms with E-state index in [9.17, 15) is 0 Å². The number of imidazole rings is 1. The quantitative estimate of drug-likeness (QED) is 0.820. The monoisotopic (exact) mass is 223 g/mol. The largest absolute Gasteiger partial charge is 0.380 e. The summed E-state index contributed by atoms with van der Waals surface area (Å²) in [5.74, 6) is 1.78. The highest BCUT2D eigenvalue weighted by Crippen LogP contribution is 2.07. The summed E-state index contributed by atoms with van der Waals surface area (Å²) in [5.41, 5.74) is 0. The summed E-state index contributed by atoms with van der Waals surface area (Å²) in [5, 5.41) is 3.49. The number of ether oxygens (including phenoxy) is 1. The third-order valence-electron chi connectivity index (χ3n) is 2.84. The van der Waals surface area contributed by atoms with Crippen LogP contribution in [-0.2, 0) is 17.8 Å². The van der Waals surface area contributed by atoms with Crippen molar-refractivity contribution in [3.63, 3.8) is 0 Å². The number of aromatic nitrogens is 2. The van der Waals surface area contributed by atoms with E-state index in [-0.39, 0.29) is 0 Å². The highest BCUT2D eigenvalue weighted by molar-refractivity contribution is 4.93. The van der Waals surface area contributed by atoms with Gasteiger partial charge in [-0.3, -0.25) is 0 Å². The molecule has 1 unspecified atom stereocenters. The lowest BCUT2D eigenvalue weighted by atomic mass is 10.2. The molecule has 0 amide bonds. The van der Waals surface area contributed by atoms with Gasteiger partial charge in [-0.1, -0.05) is 13.8 Å². The van der Waals surface area contributed by atoms with Gasteiger partial charge in [0, 0.05) is 31.6 Å². The van der Waals surface area contributed by atoms with Crippen LogP contribution in [0, 0.1) is 5.92 Å². The van der Waals surface area contributed by atoms with Crippen LogP contribution in [0.1, 0.15) is 26.1 Å². The van der Waals surface area contributed by atoms with Crippen molar-refractivity contribution >= 4 is 0 Å². The number of hydrogen-bond donors (Lipinski definition) is 1. The molecule has 1 aromatic rings. The average Bonchev–Trinajstić information content (AvgIpc) is 2.84. The predicted octanol–water partition coefficient (Wildman–Crippen LogP) is 1.42. The molecular formula is C12H21N3O. The van der Waals surface area contributed by atoms with E-state index in [0.717, 1.165) is 38.5 Å². The van der Waals surface area contributed by atoms with Crippen molar-refractivity contribution in [3.8, 4) is 0 Å². The van der Waals surface area contributed by atoms with Crippen LogP contribution >= 0.6 is 0 Å². The Bertz CT molecular complexity index is 316. The molecule has 0 radical (unpaired) electrons. The van der Waals surface area contributed by atoms with E-state index >= 15 is 0 Å². The summed E-state index contributed by atoms with van der Waals surface area (Å²) < 4.78 is 7.56. The first-order valence-electron chi connectivity index (χ1n) is 6.07. The molecule has 4 nitrogen and oxygen atoms in total. The molecular weight excluding hydrogens is 202 g/mol. The standard InChI is InChI=1S/C12H21N3O/c1-10(2)8-15-5-4-13-12(15)7-14-11-3-6-16-9-11/h4-5,10-11,14H,3,6-9H2,1-2H3. The smallest absolute Gasteiger partial charge is 0.122 e. The van der Waals surface area contributed by atoms with E-state index in [1.165, 1.54) is 0 Å².